The second-order valence-electron chi connectivity index (χ2n) is 15.3. The molecule has 266 valence electrons. The Morgan fingerprint density at radius 2 is 0.895 bits per heavy atom. The summed E-state index contributed by atoms with van der Waals surface area (Å²) in [5, 5.41) is 9.79. The highest BCUT2D eigenvalue weighted by molar-refractivity contribution is 6.25. The van der Waals surface area contributed by atoms with Gasteiger partial charge in [-0.2, -0.15) is 0 Å². The zero-order chi connectivity index (χ0) is 37.6. The van der Waals surface area contributed by atoms with Crippen molar-refractivity contribution in [1.82, 2.24) is 0 Å². The molecule has 0 aliphatic heterocycles. The molecule has 0 N–H and O–H groups in total. The van der Waals surface area contributed by atoms with E-state index < -0.39 is 0 Å². The maximum absolute atomic E-state index is 6.62. The van der Waals surface area contributed by atoms with Crippen molar-refractivity contribution in [3.63, 3.8) is 0 Å². The lowest BCUT2D eigenvalue weighted by Crippen LogP contribution is -2.11. The molecule has 0 spiro atoms. The number of benzene rings is 10. The van der Waals surface area contributed by atoms with Gasteiger partial charge in [0, 0.05) is 22.1 Å². The highest BCUT2D eigenvalue weighted by Gasteiger charge is 2.28. The highest BCUT2D eigenvalue weighted by atomic mass is 16.3. The number of nitrogens with zero attached hydrogens (tertiary/aromatic N) is 1. The summed E-state index contributed by atoms with van der Waals surface area (Å²) in [4.78, 5) is 2.36. The van der Waals surface area contributed by atoms with Gasteiger partial charge in [-0.1, -0.05) is 140 Å². The summed E-state index contributed by atoms with van der Waals surface area (Å²) in [6, 6.07) is 70.7. The van der Waals surface area contributed by atoms with Crippen molar-refractivity contribution in [3.05, 3.63) is 200 Å². The lowest BCUT2D eigenvalue weighted by Gasteiger charge is -2.29. The van der Waals surface area contributed by atoms with Crippen LogP contribution in [0.5, 0.6) is 0 Å². The normalized spacial score (nSPS) is 11.9. The minimum absolute atomic E-state index is 0.886. The Kier molecular flexibility index (Phi) is 6.88. The van der Waals surface area contributed by atoms with E-state index in [-0.39, 0.29) is 0 Å². The summed E-state index contributed by atoms with van der Waals surface area (Å²) in [5.41, 5.74) is 16.5. The number of anilines is 3. The molecular formula is C55H35NO. The molecule has 0 fully saturated rings. The second kappa shape index (κ2) is 12.3. The number of hydrogen-bond acceptors (Lipinski definition) is 2. The lowest BCUT2D eigenvalue weighted by atomic mass is 9.75. The van der Waals surface area contributed by atoms with E-state index in [1.54, 1.807) is 0 Å². The lowest BCUT2D eigenvalue weighted by molar-refractivity contribution is 0.669. The number of aryl methyl sites for hydroxylation is 1. The van der Waals surface area contributed by atoms with E-state index in [9.17, 15) is 0 Å². The topological polar surface area (TPSA) is 16.4 Å². The predicted octanol–water partition coefficient (Wildman–Crippen LogP) is 15.8. The fourth-order valence-corrected chi connectivity index (χ4v) is 9.44. The molecular weight excluding hydrogens is 691 g/mol. The van der Waals surface area contributed by atoms with Crippen LogP contribution in [0.25, 0.3) is 98.8 Å². The molecule has 2 heteroatoms. The molecule has 2 nitrogen and oxygen atoms in total. The Morgan fingerprint density at radius 1 is 0.368 bits per heavy atom. The van der Waals surface area contributed by atoms with E-state index in [0.717, 1.165) is 39.0 Å². The average Bonchev–Trinajstić information content (AvgIpc) is 3.65. The van der Waals surface area contributed by atoms with Crippen molar-refractivity contribution in [2.24, 2.45) is 0 Å². The number of fused-ring (bicyclic) bond motifs is 10. The monoisotopic (exact) mass is 725 g/mol. The van der Waals surface area contributed by atoms with Gasteiger partial charge in [0.05, 0.1) is 5.69 Å². The van der Waals surface area contributed by atoms with Crippen molar-refractivity contribution < 1.29 is 4.42 Å². The standard InChI is InChI=1S/C55H35NO/c1-34-15-8-12-24-50(34)56(51-25-14-23-43-40-20-11-13-26-52(40)57-55(43)51)39-28-27-37-30-44-45(31-38(37)29-39)47-33-49-48(32-46(44)47)53(35-16-4-2-5-17-35)41-21-9-10-22-42(41)54(49)36-18-6-3-7-19-36/h2-33H,1H3. The fourth-order valence-electron chi connectivity index (χ4n) is 9.44. The molecule has 12 rings (SSSR count). The van der Waals surface area contributed by atoms with E-state index in [1.807, 2.05) is 6.07 Å². The first-order valence-corrected chi connectivity index (χ1v) is 19.7. The van der Waals surface area contributed by atoms with Gasteiger partial charge in [0.2, 0.25) is 0 Å². The van der Waals surface area contributed by atoms with Crippen molar-refractivity contribution >= 4 is 71.3 Å². The molecule has 1 aliphatic carbocycles. The average molecular weight is 726 g/mol. The molecule has 0 saturated carbocycles. The van der Waals surface area contributed by atoms with Crippen LogP contribution in [-0.2, 0) is 0 Å². The third kappa shape index (κ3) is 4.77. The van der Waals surface area contributed by atoms with Crippen LogP contribution < -0.4 is 4.90 Å². The Morgan fingerprint density at radius 3 is 1.56 bits per heavy atom. The minimum atomic E-state index is 0.886. The maximum Gasteiger partial charge on any atom is 0.159 e. The molecule has 0 radical (unpaired) electrons. The van der Waals surface area contributed by atoms with Crippen LogP contribution in [0.15, 0.2) is 199 Å². The van der Waals surface area contributed by atoms with Gasteiger partial charge >= 0.3 is 0 Å². The van der Waals surface area contributed by atoms with E-state index in [2.05, 4.69) is 200 Å². The summed E-state index contributed by atoms with van der Waals surface area (Å²) in [5.74, 6) is 0. The zero-order valence-electron chi connectivity index (χ0n) is 31.3. The van der Waals surface area contributed by atoms with Gasteiger partial charge in [-0.25, -0.2) is 0 Å². The van der Waals surface area contributed by atoms with E-state index in [4.69, 9.17) is 4.42 Å². The van der Waals surface area contributed by atoms with Crippen LogP contribution in [0.4, 0.5) is 17.1 Å². The minimum Gasteiger partial charge on any atom is -0.454 e. The van der Waals surface area contributed by atoms with Gasteiger partial charge in [-0.15, -0.1) is 0 Å². The van der Waals surface area contributed by atoms with Crippen LogP contribution in [0.2, 0.25) is 0 Å². The van der Waals surface area contributed by atoms with E-state index >= 15 is 0 Å². The van der Waals surface area contributed by atoms with Crippen molar-refractivity contribution in [1.29, 1.82) is 0 Å². The Labute approximate surface area is 330 Å². The summed E-state index contributed by atoms with van der Waals surface area (Å²) < 4.78 is 6.62. The van der Waals surface area contributed by atoms with Gasteiger partial charge in [0.15, 0.2) is 5.58 Å². The van der Waals surface area contributed by atoms with Crippen LogP contribution >= 0.6 is 0 Å². The predicted molar refractivity (Wildman–Crippen MR) is 241 cm³/mol. The first-order valence-electron chi connectivity index (χ1n) is 19.7. The SMILES string of the molecule is Cc1ccccc1N(c1ccc2cc3c(cc2c1)-c1cc2c(-c4ccccc4)c4ccccc4c(-c4ccccc4)c2cc1-3)c1cccc2c1oc1ccccc12. The second-order valence-corrected chi connectivity index (χ2v) is 15.3. The first-order chi connectivity index (χ1) is 28.2. The van der Waals surface area contributed by atoms with E-state index in [1.165, 1.54) is 82.4 Å². The van der Waals surface area contributed by atoms with Crippen LogP contribution in [0.1, 0.15) is 5.56 Å². The summed E-state index contributed by atoms with van der Waals surface area (Å²) in [6.45, 7) is 2.18. The molecule has 0 bridgehead atoms. The van der Waals surface area contributed by atoms with Crippen LogP contribution in [0.3, 0.4) is 0 Å². The van der Waals surface area contributed by atoms with Crippen molar-refractivity contribution in [3.8, 4) is 44.5 Å². The molecule has 1 aromatic heterocycles. The van der Waals surface area contributed by atoms with Gasteiger partial charge in [0.25, 0.3) is 0 Å². The Bertz CT molecular complexity index is 3410. The maximum atomic E-state index is 6.62. The quantitative estimate of drug-likeness (QED) is 0.164. The number of para-hydroxylation sites is 3. The van der Waals surface area contributed by atoms with Crippen molar-refractivity contribution in [2.45, 2.75) is 6.92 Å². The molecule has 11 aromatic rings. The summed E-state index contributed by atoms with van der Waals surface area (Å²) >= 11 is 0. The fraction of sp³-hybridized carbons (Fsp3) is 0.0182. The van der Waals surface area contributed by atoms with E-state index in [0.29, 0.717) is 0 Å². The summed E-state index contributed by atoms with van der Waals surface area (Å²) in [6.07, 6.45) is 0. The number of furan rings is 1. The molecule has 0 amide bonds. The largest absolute Gasteiger partial charge is 0.454 e. The van der Waals surface area contributed by atoms with Gasteiger partial charge in [-0.3, -0.25) is 0 Å². The molecule has 10 aromatic carbocycles. The first kappa shape index (κ1) is 31.9. The summed E-state index contributed by atoms with van der Waals surface area (Å²) in [7, 11) is 0. The van der Waals surface area contributed by atoms with Crippen LogP contribution in [0, 0.1) is 6.92 Å². The molecule has 1 heterocycles. The molecule has 0 unspecified atom stereocenters. The smallest absolute Gasteiger partial charge is 0.159 e. The third-order valence-corrected chi connectivity index (χ3v) is 12.1. The Hall–Kier alpha value is -7.42. The van der Waals surface area contributed by atoms with Crippen molar-refractivity contribution in [2.75, 3.05) is 4.90 Å². The molecule has 57 heavy (non-hydrogen) atoms. The molecule has 0 saturated heterocycles. The number of rotatable bonds is 5. The molecule has 1 aliphatic rings. The third-order valence-electron chi connectivity index (χ3n) is 12.1. The van der Waals surface area contributed by atoms with Gasteiger partial charge < -0.3 is 9.32 Å². The van der Waals surface area contributed by atoms with Gasteiger partial charge in [0.1, 0.15) is 5.58 Å². The van der Waals surface area contributed by atoms with Crippen LogP contribution in [-0.4, -0.2) is 0 Å². The highest BCUT2D eigenvalue weighted by Crippen LogP contribution is 2.54. The number of hydrogen-bond donors (Lipinski definition) is 0. The van der Waals surface area contributed by atoms with Gasteiger partial charge in [-0.05, 0) is 144 Å². The molecule has 0 atom stereocenters. The Balaban J connectivity index is 1.07. The zero-order valence-corrected chi connectivity index (χ0v) is 31.3.